The number of nitrogens with two attached hydrogens (primary N) is 2. The monoisotopic (exact) mass is 480 g/mol. The van der Waals surface area contributed by atoms with Crippen molar-refractivity contribution < 1.29 is 27.9 Å². The van der Waals surface area contributed by atoms with Crippen LogP contribution in [0.2, 0.25) is 0 Å². The first-order chi connectivity index (χ1) is 16.0. The summed E-state index contributed by atoms with van der Waals surface area (Å²) in [5.41, 5.74) is 11.7. The van der Waals surface area contributed by atoms with Crippen LogP contribution in [0, 0.1) is 0 Å². The minimum Gasteiger partial charge on any atom is -0.478 e. The lowest BCUT2D eigenvalue weighted by molar-refractivity contribution is 0.0696. The van der Waals surface area contributed by atoms with Crippen LogP contribution in [0.25, 0.3) is 0 Å². The van der Waals surface area contributed by atoms with E-state index in [-0.39, 0.29) is 28.2 Å². The molecule has 0 aliphatic carbocycles. The number of carbonyl (C=O) groups excluding carboxylic acids is 1. The van der Waals surface area contributed by atoms with Gasteiger partial charge in [-0.05, 0) is 30.3 Å². The molecule has 0 saturated carbocycles. The molecule has 0 fully saturated rings. The second kappa shape index (κ2) is 6.95. The normalized spacial score (nSPS) is 15.6. The maximum absolute atomic E-state index is 13.7. The molecule has 2 heterocycles. The van der Waals surface area contributed by atoms with Crippen LogP contribution >= 0.6 is 0 Å². The number of nitrogens with zero attached hydrogens (tertiary/aromatic N) is 2. The highest BCUT2D eigenvalue weighted by molar-refractivity contribution is 7.87. The summed E-state index contributed by atoms with van der Waals surface area (Å²) >= 11 is 0. The fraction of sp³-hybridized carbons (Fsp3) is 0.130. The zero-order valence-corrected chi connectivity index (χ0v) is 19.0. The lowest BCUT2D eigenvalue weighted by atomic mass is 9.75. The van der Waals surface area contributed by atoms with Crippen molar-refractivity contribution in [1.29, 1.82) is 0 Å². The number of rotatable bonds is 3. The molecular formula is C23H20N4O6S. The van der Waals surface area contributed by atoms with Gasteiger partial charge in [-0.3, -0.25) is 4.79 Å². The number of aromatic carboxylic acids is 1. The van der Waals surface area contributed by atoms with E-state index in [0.717, 1.165) is 8.61 Å². The Morgan fingerprint density at radius 1 is 0.941 bits per heavy atom. The van der Waals surface area contributed by atoms with Crippen LogP contribution < -0.4 is 16.2 Å². The molecule has 1 spiro atoms. The second-order valence-corrected chi connectivity index (χ2v) is 10.2. The minimum atomic E-state index is -4.39. The van der Waals surface area contributed by atoms with Crippen molar-refractivity contribution >= 4 is 33.5 Å². The lowest BCUT2D eigenvalue weighted by Crippen LogP contribution is -2.53. The average Bonchev–Trinajstić information content (AvgIpc) is 3.02. The Bertz CT molecular complexity index is 1460. The van der Waals surface area contributed by atoms with Crippen LogP contribution in [0.3, 0.4) is 0 Å². The SMILES string of the molecule is CN(C)S(=O)(=O)N1C(=O)c2ccc(C(=O)O)cc2C12c1ccc(N)cc1Oc1cc(N)ccc12. The van der Waals surface area contributed by atoms with Crippen molar-refractivity contribution in [3.05, 3.63) is 82.4 Å². The first-order valence-corrected chi connectivity index (χ1v) is 11.5. The molecule has 34 heavy (non-hydrogen) atoms. The molecule has 0 saturated heterocycles. The van der Waals surface area contributed by atoms with Crippen molar-refractivity contribution in [2.24, 2.45) is 0 Å². The molecule has 0 radical (unpaired) electrons. The predicted octanol–water partition coefficient (Wildman–Crippen LogP) is 2.21. The molecule has 0 bridgehead atoms. The fourth-order valence-electron chi connectivity index (χ4n) is 4.59. The van der Waals surface area contributed by atoms with Crippen LogP contribution in [-0.2, 0) is 15.7 Å². The summed E-state index contributed by atoms with van der Waals surface area (Å²) in [7, 11) is -1.76. The van der Waals surface area contributed by atoms with Crippen LogP contribution in [-0.4, -0.2) is 48.1 Å². The molecule has 1 amide bonds. The Morgan fingerprint density at radius 2 is 1.50 bits per heavy atom. The Hall–Kier alpha value is -4.09. The molecule has 2 aliphatic rings. The number of ether oxygens (including phenoxy) is 1. The van der Waals surface area contributed by atoms with Gasteiger partial charge in [0.2, 0.25) is 0 Å². The maximum atomic E-state index is 13.7. The van der Waals surface area contributed by atoms with E-state index < -0.39 is 27.6 Å². The highest BCUT2D eigenvalue weighted by Gasteiger charge is 2.61. The summed E-state index contributed by atoms with van der Waals surface area (Å²) in [6, 6.07) is 13.3. The van der Waals surface area contributed by atoms with Gasteiger partial charge in [0.05, 0.1) is 5.56 Å². The van der Waals surface area contributed by atoms with Crippen LogP contribution in [0.4, 0.5) is 11.4 Å². The molecule has 5 rings (SSSR count). The summed E-state index contributed by atoms with van der Waals surface area (Å²) in [6.45, 7) is 0. The average molecular weight is 481 g/mol. The van der Waals surface area contributed by atoms with Gasteiger partial charge < -0.3 is 21.3 Å². The summed E-state index contributed by atoms with van der Waals surface area (Å²) in [5, 5.41) is 9.66. The summed E-state index contributed by atoms with van der Waals surface area (Å²) < 4.78 is 35.1. The number of amides is 1. The van der Waals surface area contributed by atoms with Gasteiger partial charge >= 0.3 is 16.2 Å². The molecule has 2 aliphatic heterocycles. The van der Waals surface area contributed by atoms with Gasteiger partial charge in [-0.15, -0.1) is 0 Å². The Labute approximate surface area is 195 Å². The number of carbonyl (C=O) groups is 2. The highest BCUT2D eigenvalue weighted by atomic mass is 32.2. The van der Waals surface area contributed by atoms with Gasteiger partial charge in [0.15, 0.2) is 0 Å². The predicted molar refractivity (Wildman–Crippen MR) is 124 cm³/mol. The van der Waals surface area contributed by atoms with E-state index in [0.29, 0.717) is 22.5 Å². The number of nitrogen functional groups attached to an aromatic ring is 2. The van der Waals surface area contributed by atoms with Crippen molar-refractivity contribution in [2.45, 2.75) is 5.54 Å². The molecule has 5 N–H and O–H groups in total. The number of benzene rings is 3. The second-order valence-electron chi connectivity index (χ2n) is 8.25. The molecule has 0 atom stereocenters. The third kappa shape index (κ3) is 2.68. The largest absolute Gasteiger partial charge is 0.478 e. The summed E-state index contributed by atoms with van der Waals surface area (Å²) in [6.07, 6.45) is 0. The van der Waals surface area contributed by atoms with Crippen molar-refractivity contribution in [3.63, 3.8) is 0 Å². The zero-order valence-electron chi connectivity index (χ0n) is 18.1. The first-order valence-electron chi connectivity index (χ1n) is 10.1. The number of hydrogen-bond donors (Lipinski definition) is 3. The van der Waals surface area contributed by atoms with E-state index in [4.69, 9.17) is 16.2 Å². The zero-order chi connectivity index (χ0) is 24.6. The summed E-state index contributed by atoms with van der Waals surface area (Å²) in [4.78, 5) is 25.6. The number of hydrogen-bond acceptors (Lipinski definition) is 7. The Kier molecular flexibility index (Phi) is 4.45. The maximum Gasteiger partial charge on any atom is 0.335 e. The molecule has 10 nitrogen and oxygen atoms in total. The van der Waals surface area contributed by atoms with Gasteiger partial charge in [-0.25, -0.2) is 9.10 Å². The minimum absolute atomic E-state index is 0.0582. The van der Waals surface area contributed by atoms with Crippen LogP contribution in [0.15, 0.2) is 54.6 Å². The highest BCUT2D eigenvalue weighted by Crippen LogP contribution is 2.59. The van der Waals surface area contributed by atoms with E-state index in [1.165, 1.54) is 44.4 Å². The molecule has 11 heteroatoms. The van der Waals surface area contributed by atoms with Gasteiger partial charge in [-0.2, -0.15) is 12.7 Å². The molecule has 174 valence electrons. The molecule has 0 aromatic heterocycles. The van der Waals surface area contributed by atoms with Crippen molar-refractivity contribution in [3.8, 4) is 11.5 Å². The van der Waals surface area contributed by atoms with Crippen LogP contribution in [0.5, 0.6) is 11.5 Å². The third-order valence-electron chi connectivity index (χ3n) is 6.08. The van der Waals surface area contributed by atoms with E-state index in [1.54, 1.807) is 24.3 Å². The third-order valence-corrected chi connectivity index (χ3v) is 7.90. The van der Waals surface area contributed by atoms with E-state index in [2.05, 4.69) is 0 Å². The van der Waals surface area contributed by atoms with Crippen molar-refractivity contribution in [1.82, 2.24) is 8.61 Å². The van der Waals surface area contributed by atoms with Crippen LogP contribution in [0.1, 0.15) is 37.4 Å². The smallest absolute Gasteiger partial charge is 0.335 e. The van der Waals surface area contributed by atoms with Gasteiger partial charge in [0.1, 0.15) is 17.0 Å². The number of fused-ring (bicyclic) bond motifs is 6. The van der Waals surface area contributed by atoms with Gasteiger partial charge in [-0.1, -0.05) is 12.1 Å². The standard InChI is InChI=1S/C23H20N4O6S/c1-26(2)34(31,32)27-21(28)15-6-3-12(22(29)30)9-18(15)23(27)16-7-4-13(24)10-19(16)33-20-11-14(25)5-8-17(20)23/h3-11H,24-25H2,1-2H3,(H,29,30). The first kappa shape index (κ1) is 21.7. The summed E-state index contributed by atoms with van der Waals surface area (Å²) in [5.74, 6) is -1.58. The molecular weight excluding hydrogens is 460 g/mol. The van der Waals surface area contributed by atoms with Crippen molar-refractivity contribution in [2.75, 3.05) is 25.6 Å². The van der Waals surface area contributed by atoms with Gasteiger partial charge in [0.25, 0.3) is 5.91 Å². The molecule has 3 aromatic rings. The molecule has 3 aromatic carbocycles. The Balaban J connectivity index is 2.02. The number of carboxylic acids is 1. The van der Waals surface area contributed by atoms with E-state index in [1.807, 2.05) is 0 Å². The quantitative estimate of drug-likeness (QED) is 0.482. The topological polar surface area (TPSA) is 156 Å². The Morgan fingerprint density at radius 3 is 2.00 bits per heavy atom. The van der Waals surface area contributed by atoms with E-state index in [9.17, 15) is 23.1 Å². The lowest BCUT2D eigenvalue weighted by Gasteiger charge is -2.43. The van der Waals surface area contributed by atoms with E-state index >= 15 is 0 Å². The number of carboxylic acid groups (broad SMARTS) is 1. The number of anilines is 2. The molecule has 0 unspecified atom stereocenters. The van der Waals surface area contributed by atoms with Gasteiger partial charge in [0, 0.05) is 59.9 Å². The fourth-order valence-corrected chi connectivity index (χ4v) is 5.87.